The van der Waals surface area contributed by atoms with Crippen LogP contribution in [0.15, 0.2) is 24.3 Å². The molecule has 26 heavy (non-hydrogen) atoms. The number of benzene rings is 1. The van der Waals surface area contributed by atoms with E-state index in [1.54, 1.807) is 0 Å². The Kier molecular flexibility index (Phi) is 5.27. The Hall–Kier alpha value is -2.03. The number of carbonyl (C=O) groups is 3. The van der Waals surface area contributed by atoms with Crippen LogP contribution in [0, 0.1) is 0 Å². The molecule has 1 aliphatic heterocycles. The maximum Gasteiger partial charge on any atom is 0.417 e. The molecule has 2 atom stereocenters. The third-order valence-corrected chi connectivity index (χ3v) is 5.47. The molecule has 5 nitrogen and oxygen atoms in total. The molecule has 140 valence electrons. The van der Waals surface area contributed by atoms with Crippen LogP contribution in [-0.4, -0.2) is 39.8 Å². The van der Waals surface area contributed by atoms with Crippen LogP contribution in [0.5, 0.6) is 0 Å². The van der Waals surface area contributed by atoms with Gasteiger partial charge >= 0.3 is 6.18 Å². The third-order valence-electron chi connectivity index (χ3n) is 4.64. The molecule has 1 N–H and O–H groups in total. The fourth-order valence-corrected chi connectivity index (χ4v) is 4.21. The minimum atomic E-state index is -4.64. The van der Waals surface area contributed by atoms with E-state index in [1.165, 1.54) is 12.1 Å². The van der Waals surface area contributed by atoms with E-state index in [4.69, 9.17) is 0 Å². The number of carbonyl (C=O) groups excluding carboxylic acids is 3. The topological polar surface area (TPSA) is 66.5 Å². The van der Waals surface area contributed by atoms with Crippen LogP contribution in [0.25, 0.3) is 0 Å². The number of hydrogen-bond donors (Lipinski definition) is 1. The first-order valence-corrected chi connectivity index (χ1v) is 9.23. The number of alkyl halides is 3. The lowest BCUT2D eigenvalue weighted by atomic mass is 9.89. The Labute approximate surface area is 152 Å². The van der Waals surface area contributed by atoms with Crippen LogP contribution in [-0.2, 0) is 11.0 Å². The maximum atomic E-state index is 13.1. The molecule has 2 aliphatic rings. The highest BCUT2D eigenvalue weighted by Gasteiger charge is 2.42. The fourth-order valence-electron chi connectivity index (χ4n) is 3.45. The average Bonchev–Trinajstić information content (AvgIpc) is 2.93. The van der Waals surface area contributed by atoms with Gasteiger partial charge in [0, 0.05) is 0 Å². The molecular weight excluding hydrogens is 369 g/mol. The summed E-state index contributed by atoms with van der Waals surface area (Å²) in [6.07, 6.45) is -2.04. The van der Waals surface area contributed by atoms with Crippen molar-refractivity contribution in [2.75, 3.05) is 5.75 Å². The molecular formula is C17H17F3N2O3S. The highest BCUT2D eigenvalue weighted by atomic mass is 32.2. The van der Waals surface area contributed by atoms with E-state index in [-0.39, 0.29) is 16.9 Å². The molecule has 0 radical (unpaired) electrons. The summed E-state index contributed by atoms with van der Waals surface area (Å²) in [7, 11) is 0. The van der Waals surface area contributed by atoms with E-state index in [2.05, 4.69) is 5.32 Å². The monoisotopic (exact) mass is 386 g/mol. The molecule has 0 unspecified atom stereocenters. The van der Waals surface area contributed by atoms with Crippen LogP contribution in [0.2, 0.25) is 0 Å². The highest BCUT2D eigenvalue weighted by Crippen LogP contribution is 2.33. The Morgan fingerprint density at radius 3 is 2.50 bits per heavy atom. The average molecular weight is 386 g/mol. The van der Waals surface area contributed by atoms with Crippen molar-refractivity contribution in [2.45, 2.75) is 43.9 Å². The van der Waals surface area contributed by atoms with Crippen LogP contribution >= 0.6 is 11.8 Å². The van der Waals surface area contributed by atoms with Crippen LogP contribution in [0.4, 0.5) is 18.0 Å². The summed E-state index contributed by atoms with van der Waals surface area (Å²) in [4.78, 5) is 37.6. The molecule has 9 heteroatoms. The van der Waals surface area contributed by atoms with E-state index in [0.29, 0.717) is 12.8 Å². The van der Waals surface area contributed by atoms with Crippen LogP contribution < -0.4 is 5.32 Å². The smallest absolute Gasteiger partial charge is 0.347 e. The molecule has 1 aromatic rings. The summed E-state index contributed by atoms with van der Waals surface area (Å²) >= 11 is 0.906. The van der Waals surface area contributed by atoms with Gasteiger partial charge in [0.05, 0.1) is 29.0 Å². The summed E-state index contributed by atoms with van der Waals surface area (Å²) in [5, 5.41) is 2.26. The number of nitrogens with zero attached hydrogens (tertiary/aromatic N) is 1. The Bertz CT molecular complexity index is 722. The lowest BCUT2D eigenvalue weighted by Crippen LogP contribution is -2.54. The second-order valence-corrected chi connectivity index (χ2v) is 7.22. The predicted molar refractivity (Wildman–Crippen MR) is 89.7 cm³/mol. The number of hydrogen-bond acceptors (Lipinski definition) is 4. The lowest BCUT2D eigenvalue weighted by molar-refractivity contribution is -0.138. The molecule has 0 aromatic heterocycles. The zero-order valence-electron chi connectivity index (χ0n) is 13.7. The first kappa shape index (κ1) is 18.8. The minimum Gasteiger partial charge on any atom is -0.347 e. The van der Waals surface area contributed by atoms with Gasteiger partial charge in [0.2, 0.25) is 5.91 Å². The standard InChI is InChI=1S/C17H17F3N2O3S/c18-17(19,20)11-6-2-1-5-10(11)15(24)21-12-7-3-4-8-13(12)22-14(23)9-26-16(22)25/h1-2,5-6,12-13H,3-4,7-9H2,(H,21,24)/t12-,13-/m0/s1. The van der Waals surface area contributed by atoms with Crippen molar-refractivity contribution in [3.8, 4) is 0 Å². The van der Waals surface area contributed by atoms with Crippen molar-refractivity contribution >= 4 is 28.8 Å². The lowest BCUT2D eigenvalue weighted by Gasteiger charge is -2.36. The molecule has 0 spiro atoms. The Morgan fingerprint density at radius 1 is 1.15 bits per heavy atom. The van der Waals surface area contributed by atoms with Gasteiger partial charge in [-0.25, -0.2) is 0 Å². The molecule has 1 heterocycles. The van der Waals surface area contributed by atoms with Crippen molar-refractivity contribution in [1.29, 1.82) is 0 Å². The first-order valence-electron chi connectivity index (χ1n) is 8.25. The Balaban J connectivity index is 1.82. The van der Waals surface area contributed by atoms with E-state index in [0.717, 1.165) is 41.6 Å². The van der Waals surface area contributed by atoms with E-state index in [9.17, 15) is 27.6 Å². The molecule has 1 aliphatic carbocycles. The zero-order chi connectivity index (χ0) is 18.9. The largest absolute Gasteiger partial charge is 0.417 e. The molecule has 3 amide bonds. The second-order valence-electron chi connectivity index (χ2n) is 6.29. The molecule has 2 fully saturated rings. The van der Waals surface area contributed by atoms with Gasteiger partial charge in [0.1, 0.15) is 0 Å². The number of amides is 3. The molecule has 1 saturated heterocycles. The summed E-state index contributed by atoms with van der Waals surface area (Å²) < 4.78 is 39.4. The van der Waals surface area contributed by atoms with Gasteiger partial charge in [-0.1, -0.05) is 36.7 Å². The molecule has 1 saturated carbocycles. The van der Waals surface area contributed by atoms with Crippen molar-refractivity contribution < 1.29 is 27.6 Å². The van der Waals surface area contributed by atoms with Crippen LogP contribution in [0.1, 0.15) is 41.6 Å². The summed E-state index contributed by atoms with van der Waals surface area (Å²) in [5.74, 6) is -1.10. The first-order chi connectivity index (χ1) is 12.3. The number of nitrogens with one attached hydrogen (secondary N) is 1. The van der Waals surface area contributed by atoms with Gasteiger partial charge in [0.15, 0.2) is 0 Å². The van der Waals surface area contributed by atoms with Crippen molar-refractivity contribution in [3.63, 3.8) is 0 Å². The summed E-state index contributed by atoms with van der Waals surface area (Å²) in [6, 6.07) is 3.51. The third kappa shape index (κ3) is 3.72. The SMILES string of the molecule is O=C(N[C@H]1CCCC[C@@H]1N1C(=O)CSC1=O)c1ccccc1C(F)(F)F. The quantitative estimate of drug-likeness (QED) is 0.864. The van der Waals surface area contributed by atoms with Crippen molar-refractivity contribution in [3.05, 3.63) is 35.4 Å². The number of halogens is 3. The van der Waals surface area contributed by atoms with Gasteiger partial charge in [-0.05, 0) is 25.0 Å². The summed E-state index contributed by atoms with van der Waals surface area (Å²) in [5.41, 5.74) is -1.47. The normalized spacial score (nSPS) is 24.0. The van der Waals surface area contributed by atoms with Crippen molar-refractivity contribution in [2.24, 2.45) is 0 Å². The van der Waals surface area contributed by atoms with Gasteiger partial charge < -0.3 is 5.32 Å². The van der Waals surface area contributed by atoms with Gasteiger partial charge in [-0.2, -0.15) is 13.2 Å². The van der Waals surface area contributed by atoms with Gasteiger partial charge in [-0.15, -0.1) is 0 Å². The number of imide groups is 1. The Morgan fingerprint density at radius 2 is 1.85 bits per heavy atom. The predicted octanol–water partition coefficient (Wildman–Crippen LogP) is 3.44. The van der Waals surface area contributed by atoms with Crippen LogP contribution in [0.3, 0.4) is 0 Å². The molecule has 3 rings (SSSR count). The minimum absolute atomic E-state index is 0.0624. The highest BCUT2D eigenvalue weighted by molar-refractivity contribution is 8.14. The maximum absolute atomic E-state index is 13.1. The fraction of sp³-hybridized carbons (Fsp3) is 0.471. The molecule has 0 bridgehead atoms. The van der Waals surface area contributed by atoms with E-state index < -0.39 is 35.3 Å². The number of thioether (sulfide) groups is 1. The zero-order valence-corrected chi connectivity index (χ0v) is 14.5. The summed E-state index contributed by atoms with van der Waals surface area (Å²) in [6.45, 7) is 0. The van der Waals surface area contributed by atoms with E-state index >= 15 is 0 Å². The molecule has 1 aromatic carbocycles. The second kappa shape index (κ2) is 7.30. The van der Waals surface area contributed by atoms with E-state index in [1.807, 2.05) is 0 Å². The van der Waals surface area contributed by atoms with Crippen molar-refractivity contribution in [1.82, 2.24) is 10.2 Å². The number of rotatable bonds is 3. The van der Waals surface area contributed by atoms with Gasteiger partial charge in [0.25, 0.3) is 11.1 Å². The van der Waals surface area contributed by atoms with Gasteiger partial charge in [-0.3, -0.25) is 19.3 Å².